The number of anilines is 15. The lowest BCUT2D eigenvalue weighted by Crippen LogP contribution is -2.52. The van der Waals surface area contributed by atoms with Gasteiger partial charge in [0.2, 0.25) is 17.8 Å². The Kier molecular flexibility index (Phi) is 29.6. The second-order valence-corrected chi connectivity index (χ2v) is 46.5. The fourth-order valence-corrected chi connectivity index (χ4v) is 23.0. The molecule has 0 atom stereocenters. The monoisotopic (exact) mass is 1910 g/mol. The number of pyridine rings is 1. The van der Waals surface area contributed by atoms with E-state index in [0.29, 0.717) is 129 Å². The van der Waals surface area contributed by atoms with Crippen LogP contribution in [0.2, 0.25) is 10.0 Å². The van der Waals surface area contributed by atoms with Gasteiger partial charge in [-0.15, -0.1) is 11.3 Å². The van der Waals surface area contributed by atoms with Crippen molar-refractivity contribution in [1.82, 2.24) is 74.3 Å². The van der Waals surface area contributed by atoms with Gasteiger partial charge in [0.25, 0.3) is 0 Å². The maximum Gasteiger partial charge on any atom is 0.229 e. The zero-order valence-electron chi connectivity index (χ0n) is 75.0. The van der Waals surface area contributed by atoms with Crippen LogP contribution >= 0.6 is 71.9 Å². The number of nitrogens with zero attached hydrogens (tertiary/aromatic N) is 18. The second-order valence-electron chi connectivity index (χ2n) is 34.5. The average Bonchev–Trinajstić information content (AvgIpc) is 1.17. The third kappa shape index (κ3) is 22.2. The van der Waals surface area contributed by atoms with Gasteiger partial charge < -0.3 is 89.2 Å². The summed E-state index contributed by atoms with van der Waals surface area (Å²) >= 11 is 18.1. The summed E-state index contributed by atoms with van der Waals surface area (Å²) in [7, 11) is 5.62. The van der Waals surface area contributed by atoms with Crippen LogP contribution in [-0.4, -0.2) is 274 Å². The van der Waals surface area contributed by atoms with Gasteiger partial charge in [0.05, 0.1) is 115 Å². The van der Waals surface area contributed by atoms with Gasteiger partial charge in [-0.3, -0.25) is 24.8 Å². The zero-order valence-corrected chi connectivity index (χ0v) is 81.6. The average molecular weight is 1920 g/mol. The molecule has 5 saturated heterocycles. The van der Waals surface area contributed by atoms with E-state index in [2.05, 4.69) is 203 Å². The SMILES string of the molecule is COc1cc(N2CCC(N(C)C)CC2)c(C)cc1Nc1ncc(Br)c(Nc2ccc3nccnc3c2P(C)(C)=O)n1.COc1cc(N2CCC(N3CCN(C)CC3)CC2)ccc1Nc1ncc(Cl)c(Nc2ccc3cccnc3c2P(C)(C)=O)n1.COc1cc(N2CCC(N3CCN(C)CC3)CC2)ccc1Nc1ncc(Cl)c(Nc2ccc3scnc3c2P(C)(C)=O)n1. The highest BCUT2D eigenvalue weighted by Crippen LogP contribution is 2.47. The summed E-state index contributed by atoms with van der Waals surface area (Å²) < 4.78 is 59.0. The Labute approximate surface area is 771 Å². The number of rotatable bonds is 24. The third-order valence-corrected chi connectivity index (χ3v) is 30.9. The Bertz CT molecular complexity index is 6110. The fraction of sp³-hybridized carbons (Fsp3) is 0.407. The minimum absolute atomic E-state index is 0.340. The topological polar surface area (TPSA) is 306 Å². The van der Waals surface area contributed by atoms with Crippen molar-refractivity contribution in [2.75, 3.05) is 228 Å². The van der Waals surface area contributed by atoms with E-state index in [9.17, 15) is 13.7 Å². The molecule has 128 heavy (non-hydrogen) atoms. The van der Waals surface area contributed by atoms with Crippen molar-refractivity contribution in [3.05, 3.63) is 160 Å². The summed E-state index contributed by atoms with van der Waals surface area (Å²) in [4.78, 5) is 65.0. The summed E-state index contributed by atoms with van der Waals surface area (Å²) in [6.07, 6.45) is 16.7. The van der Waals surface area contributed by atoms with E-state index in [0.717, 1.165) is 147 Å². The molecule has 676 valence electrons. The molecule has 17 rings (SSSR count). The number of likely N-dealkylation sites (N-methyl/N-ethyl adjacent to an activating group) is 2. The molecule has 0 unspecified atom stereocenters. The number of hydrogen-bond acceptors (Lipinski definition) is 31. The van der Waals surface area contributed by atoms with Crippen molar-refractivity contribution < 1.29 is 27.9 Å². The Morgan fingerprint density at radius 2 is 0.883 bits per heavy atom. The van der Waals surface area contributed by atoms with Crippen LogP contribution in [0.15, 0.2) is 144 Å². The number of nitrogens with one attached hydrogen (secondary N) is 6. The first-order chi connectivity index (χ1) is 61.4. The molecule has 6 aromatic carbocycles. The van der Waals surface area contributed by atoms with E-state index in [-0.39, 0.29) is 0 Å². The fourth-order valence-electron chi connectivity index (χ4n) is 17.5. The summed E-state index contributed by atoms with van der Waals surface area (Å²) in [6, 6.07) is 33.7. The number of ether oxygens (including phenoxy) is 3. The molecule has 0 amide bonds. The third-order valence-electron chi connectivity index (χ3n) is 24.4. The first kappa shape index (κ1) is 93.0. The number of aryl methyl sites for hydroxylation is 1. The van der Waals surface area contributed by atoms with Crippen LogP contribution in [0.1, 0.15) is 44.1 Å². The lowest BCUT2D eigenvalue weighted by Gasteiger charge is -2.42. The van der Waals surface area contributed by atoms with Crippen LogP contribution in [0.5, 0.6) is 17.2 Å². The number of thiazole rings is 1. The minimum Gasteiger partial charge on any atom is -0.494 e. The highest BCUT2D eigenvalue weighted by Gasteiger charge is 2.33. The van der Waals surface area contributed by atoms with E-state index < -0.39 is 21.4 Å². The largest absolute Gasteiger partial charge is 0.494 e. The highest BCUT2D eigenvalue weighted by molar-refractivity contribution is 9.10. The Hall–Kier alpha value is -9.65. The molecule has 6 N–H and O–H groups in total. The Morgan fingerprint density at radius 3 is 1.40 bits per heavy atom. The summed E-state index contributed by atoms with van der Waals surface area (Å²) in [5, 5.41) is 23.4. The van der Waals surface area contributed by atoms with Crippen LogP contribution in [0.25, 0.3) is 32.2 Å². The quantitative estimate of drug-likeness (QED) is 0.0306. The number of aromatic nitrogens is 10. The molecule has 37 heteroatoms. The maximum absolute atomic E-state index is 13.4. The summed E-state index contributed by atoms with van der Waals surface area (Å²) in [6.45, 7) is 27.9. The molecule has 5 fully saturated rings. The number of hydrogen-bond donors (Lipinski definition) is 6. The van der Waals surface area contributed by atoms with Crippen molar-refractivity contribution in [2.24, 2.45) is 0 Å². The molecule has 12 aromatic rings. The lowest BCUT2D eigenvalue weighted by atomic mass is 10.0. The molecular weight excluding hydrogens is 1800 g/mol. The number of piperidine rings is 3. The van der Waals surface area contributed by atoms with E-state index in [1.54, 1.807) is 104 Å². The van der Waals surface area contributed by atoms with Gasteiger partial charge in [-0.05, 0) is 202 Å². The van der Waals surface area contributed by atoms with Gasteiger partial charge in [-0.2, -0.15) is 15.0 Å². The van der Waals surface area contributed by atoms with E-state index in [1.807, 2.05) is 60.7 Å². The smallest absolute Gasteiger partial charge is 0.229 e. The first-order valence-electron chi connectivity index (χ1n) is 43.1. The minimum atomic E-state index is -2.72. The Balaban J connectivity index is 0.000000148. The number of halogens is 3. The molecule has 11 heterocycles. The summed E-state index contributed by atoms with van der Waals surface area (Å²) in [5.74, 6) is 4.57. The van der Waals surface area contributed by atoms with Crippen molar-refractivity contribution >= 4 is 206 Å². The number of fused-ring (bicyclic) bond motifs is 3. The van der Waals surface area contributed by atoms with Crippen LogP contribution in [0, 0.1) is 6.92 Å². The van der Waals surface area contributed by atoms with E-state index >= 15 is 0 Å². The summed E-state index contributed by atoms with van der Waals surface area (Å²) in [5.41, 5.74) is 13.4. The van der Waals surface area contributed by atoms with Gasteiger partial charge >= 0.3 is 0 Å². The van der Waals surface area contributed by atoms with Gasteiger partial charge in [0.15, 0.2) is 11.6 Å². The zero-order chi connectivity index (χ0) is 90.3. The molecule has 0 spiro atoms. The van der Waals surface area contributed by atoms with Crippen LogP contribution < -0.4 is 76.7 Å². The first-order valence-corrected chi connectivity index (χ1v) is 53.3. The molecule has 6 aromatic heterocycles. The van der Waals surface area contributed by atoms with E-state index in [4.69, 9.17) is 42.4 Å². The van der Waals surface area contributed by atoms with Crippen molar-refractivity contribution in [3.63, 3.8) is 0 Å². The lowest BCUT2D eigenvalue weighted by molar-refractivity contribution is 0.0982. The molecule has 5 aliphatic heterocycles. The molecule has 0 bridgehead atoms. The number of methoxy groups -OCH3 is 3. The number of benzene rings is 6. The van der Waals surface area contributed by atoms with Crippen molar-refractivity contribution in [3.8, 4) is 17.2 Å². The maximum atomic E-state index is 13.4. The van der Waals surface area contributed by atoms with E-state index in [1.165, 1.54) is 55.8 Å². The molecular formula is C91H114BrCl2N24O6P3S. The molecule has 5 aliphatic rings. The predicted octanol–water partition coefficient (Wildman–Crippen LogP) is 17.1. The Morgan fingerprint density at radius 1 is 0.445 bits per heavy atom. The predicted molar refractivity (Wildman–Crippen MR) is 533 cm³/mol. The normalized spacial score (nSPS) is 16.4. The molecule has 30 nitrogen and oxygen atoms in total. The van der Waals surface area contributed by atoms with Gasteiger partial charge in [0, 0.05) is 175 Å². The van der Waals surface area contributed by atoms with Gasteiger partial charge in [0.1, 0.15) is 60.1 Å². The van der Waals surface area contributed by atoms with Crippen molar-refractivity contribution in [1.29, 1.82) is 0 Å². The highest BCUT2D eigenvalue weighted by atomic mass is 79.9. The molecule has 0 saturated carbocycles. The van der Waals surface area contributed by atoms with Crippen LogP contribution in [0.4, 0.5) is 86.5 Å². The van der Waals surface area contributed by atoms with Gasteiger partial charge in [-0.1, -0.05) is 35.3 Å². The van der Waals surface area contributed by atoms with Crippen molar-refractivity contribution in [2.45, 2.75) is 63.6 Å². The standard InChI is InChI=1S/C32H40ClN8O2P.C30H38ClN8O2PS.C29H36BrN8O2P/c1-39-16-18-41(19-17-39)23-11-14-40(15-12-23)24-8-10-26(28(20-24)43-2)37-32-35-21-25(33)31(38-32)36-27-9-7-22-6-5-13-34-29(22)30(27)44(3,4)42;1-37-13-15-39(16-14-37)20-9-11-38(12-10-20)21-5-6-23(25(17-21)41-2)35-30-32-18-22(31)29(36-30)34-24-7-8-26-27(33-19-43-26)28(24)42(3,4)40;1-18-15-23(25(40-4)16-24(18)38-13-9-19(10-14-38)37(2)3)35-29-33-17-20(30)28(36-29)34-22-8-7-21-26(32-12-11-31-21)27(22)41(5,6)39/h5-10,13,20-21,23H,11-12,14-19H2,1-4H3,(H2,35,36,37,38);5-8,17-20H,9-16H2,1-4H3,(H2,32,34,35,36);7-8,11-12,15-17,19H,9-10,13-14H2,1-6H3,(H2,33,34,35,36). The van der Waals surface area contributed by atoms with Crippen LogP contribution in [0.3, 0.4) is 0 Å². The number of piperazine rings is 2. The van der Waals surface area contributed by atoms with Gasteiger partial charge in [-0.25, -0.2) is 19.9 Å². The van der Waals surface area contributed by atoms with Crippen LogP contribution in [-0.2, 0) is 13.7 Å². The second kappa shape index (κ2) is 40.8. The molecule has 0 aliphatic carbocycles. The molecule has 0 radical (unpaired) electrons.